The van der Waals surface area contributed by atoms with Crippen molar-refractivity contribution in [1.29, 1.82) is 0 Å². The molecule has 0 atom stereocenters. The van der Waals surface area contributed by atoms with E-state index in [0.29, 0.717) is 29.6 Å². The molecule has 0 unspecified atom stereocenters. The van der Waals surface area contributed by atoms with E-state index < -0.39 is 0 Å². The van der Waals surface area contributed by atoms with Crippen molar-refractivity contribution in [2.75, 3.05) is 26.6 Å². The number of aromatic nitrogens is 2. The summed E-state index contributed by atoms with van der Waals surface area (Å²) in [5, 5.41) is 7.27. The van der Waals surface area contributed by atoms with Crippen molar-refractivity contribution in [2.45, 2.75) is 26.3 Å². The van der Waals surface area contributed by atoms with E-state index in [2.05, 4.69) is 41.6 Å². The SMILES string of the molecule is CCc1ccc(Cn2nccc2NC(=O)Cc2cc(OC)c(OC)c(OC)c2)cc1. The summed E-state index contributed by atoms with van der Waals surface area (Å²) < 4.78 is 17.8. The molecule has 0 saturated carbocycles. The molecule has 1 heterocycles. The Kier molecular flexibility index (Phi) is 6.95. The topological polar surface area (TPSA) is 74.6 Å². The highest BCUT2D eigenvalue weighted by molar-refractivity contribution is 5.91. The molecular formula is C23H27N3O4. The third-order valence-corrected chi connectivity index (χ3v) is 4.84. The number of rotatable bonds is 9. The van der Waals surface area contributed by atoms with Crippen molar-refractivity contribution in [3.05, 3.63) is 65.4 Å². The first-order valence-electron chi connectivity index (χ1n) is 9.76. The average molecular weight is 409 g/mol. The van der Waals surface area contributed by atoms with Gasteiger partial charge in [-0.25, -0.2) is 4.68 Å². The molecule has 0 fully saturated rings. The first kappa shape index (κ1) is 21.2. The minimum absolute atomic E-state index is 0.160. The number of amides is 1. The number of nitrogens with one attached hydrogen (secondary N) is 1. The van der Waals surface area contributed by atoms with Crippen LogP contribution in [0.5, 0.6) is 17.2 Å². The quantitative estimate of drug-likeness (QED) is 0.583. The van der Waals surface area contributed by atoms with Crippen molar-refractivity contribution < 1.29 is 19.0 Å². The van der Waals surface area contributed by atoms with Crippen LogP contribution in [0, 0.1) is 0 Å². The van der Waals surface area contributed by atoms with Gasteiger partial charge in [-0.2, -0.15) is 5.10 Å². The lowest BCUT2D eigenvalue weighted by atomic mass is 10.1. The van der Waals surface area contributed by atoms with Crippen LogP contribution in [0.4, 0.5) is 5.82 Å². The number of nitrogens with zero attached hydrogens (tertiary/aromatic N) is 2. The molecule has 0 aliphatic rings. The number of methoxy groups -OCH3 is 3. The van der Waals surface area contributed by atoms with E-state index in [0.717, 1.165) is 17.5 Å². The van der Waals surface area contributed by atoms with Crippen LogP contribution >= 0.6 is 0 Å². The number of ether oxygens (including phenoxy) is 3. The van der Waals surface area contributed by atoms with Gasteiger partial charge in [0.15, 0.2) is 11.5 Å². The number of benzene rings is 2. The van der Waals surface area contributed by atoms with E-state index in [1.807, 2.05) is 0 Å². The molecule has 0 aliphatic heterocycles. The van der Waals surface area contributed by atoms with Crippen molar-refractivity contribution in [1.82, 2.24) is 9.78 Å². The standard InChI is InChI=1S/C23H27N3O4/c1-5-16-6-8-17(9-7-16)15-26-21(10-11-24-26)25-22(27)14-18-12-19(28-2)23(30-4)20(13-18)29-3/h6-13H,5,14-15H2,1-4H3,(H,25,27). The van der Waals surface area contributed by atoms with Gasteiger partial charge in [-0.05, 0) is 35.2 Å². The molecule has 2 aromatic carbocycles. The minimum atomic E-state index is -0.160. The highest BCUT2D eigenvalue weighted by Gasteiger charge is 2.16. The minimum Gasteiger partial charge on any atom is -0.493 e. The Bertz CT molecular complexity index is 971. The van der Waals surface area contributed by atoms with E-state index in [9.17, 15) is 4.79 Å². The van der Waals surface area contributed by atoms with Gasteiger partial charge in [0, 0.05) is 6.07 Å². The number of aryl methyl sites for hydroxylation is 1. The average Bonchev–Trinajstić information content (AvgIpc) is 3.19. The Morgan fingerprint density at radius 3 is 2.13 bits per heavy atom. The van der Waals surface area contributed by atoms with Crippen LogP contribution in [0.25, 0.3) is 0 Å². The molecule has 0 radical (unpaired) electrons. The fraction of sp³-hybridized carbons (Fsp3) is 0.304. The first-order valence-corrected chi connectivity index (χ1v) is 9.76. The molecule has 7 nitrogen and oxygen atoms in total. The molecule has 0 aliphatic carbocycles. The van der Waals surface area contributed by atoms with Gasteiger partial charge < -0.3 is 19.5 Å². The molecule has 158 valence electrons. The summed E-state index contributed by atoms with van der Waals surface area (Å²) in [7, 11) is 4.64. The zero-order chi connectivity index (χ0) is 21.5. The van der Waals surface area contributed by atoms with Crippen molar-refractivity contribution in [3.8, 4) is 17.2 Å². The molecule has 1 N–H and O–H groups in total. The Hall–Kier alpha value is -3.48. The highest BCUT2D eigenvalue weighted by Crippen LogP contribution is 2.38. The van der Waals surface area contributed by atoms with Crippen molar-refractivity contribution >= 4 is 11.7 Å². The summed E-state index contributed by atoms with van der Waals surface area (Å²) in [5.41, 5.74) is 3.16. The summed E-state index contributed by atoms with van der Waals surface area (Å²) in [4.78, 5) is 12.7. The van der Waals surface area contributed by atoms with Gasteiger partial charge in [0.1, 0.15) is 5.82 Å². The third-order valence-electron chi connectivity index (χ3n) is 4.84. The van der Waals surface area contributed by atoms with Gasteiger partial charge >= 0.3 is 0 Å². The summed E-state index contributed by atoms with van der Waals surface area (Å²) in [6, 6.07) is 13.7. The summed E-state index contributed by atoms with van der Waals surface area (Å²) in [6.45, 7) is 2.71. The highest BCUT2D eigenvalue weighted by atomic mass is 16.5. The second kappa shape index (κ2) is 9.82. The van der Waals surface area contributed by atoms with E-state index in [1.54, 1.807) is 50.4 Å². The molecule has 30 heavy (non-hydrogen) atoms. The van der Waals surface area contributed by atoms with Gasteiger partial charge in [0.05, 0.1) is 40.5 Å². The molecule has 1 amide bonds. The van der Waals surface area contributed by atoms with Crippen molar-refractivity contribution in [2.24, 2.45) is 0 Å². The third kappa shape index (κ3) is 4.92. The smallest absolute Gasteiger partial charge is 0.229 e. The Labute approximate surface area is 176 Å². The second-order valence-corrected chi connectivity index (χ2v) is 6.80. The number of hydrogen-bond donors (Lipinski definition) is 1. The lowest BCUT2D eigenvalue weighted by Gasteiger charge is -2.14. The fourth-order valence-electron chi connectivity index (χ4n) is 3.23. The number of anilines is 1. The second-order valence-electron chi connectivity index (χ2n) is 6.80. The van der Waals surface area contributed by atoms with Crippen LogP contribution in [-0.2, 0) is 24.2 Å². The Morgan fingerprint density at radius 2 is 1.57 bits per heavy atom. The predicted molar refractivity (Wildman–Crippen MR) is 116 cm³/mol. The zero-order valence-electron chi connectivity index (χ0n) is 17.8. The summed E-state index contributed by atoms with van der Waals surface area (Å²) in [5.74, 6) is 2.01. The lowest BCUT2D eigenvalue weighted by Crippen LogP contribution is -2.18. The molecule has 0 saturated heterocycles. The van der Waals surface area contributed by atoms with E-state index >= 15 is 0 Å². The Morgan fingerprint density at radius 1 is 0.933 bits per heavy atom. The van der Waals surface area contributed by atoms with Crippen LogP contribution in [0.3, 0.4) is 0 Å². The van der Waals surface area contributed by atoms with Gasteiger partial charge in [-0.1, -0.05) is 31.2 Å². The predicted octanol–water partition coefficient (Wildman–Crippen LogP) is 3.70. The largest absolute Gasteiger partial charge is 0.493 e. The van der Waals surface area contributed by atoms with Crippen LogP contribution in [0.15, 0.2) is 48.7 Å². The van der Waals surface area contributed by atoms with Gasteiger partial charge in [-0.15, -0.1) is 0 Å². The van der Waals surface area contributed by atoms with Gasteiger partial charge in [-0.3, -0.25) is 4.79 Å². The van der Waals surface area contributed by atoms with Crippen molar-refractivity contribution in [3.63, 3.8) is 0 Å². The van der Waals surface area contributed by atoms with Crippen LogP contribution < -0.4 is 19.5 Å². The molecule has 7 heteroatoms. The van der Waals surface area contributed by atoms with Gasteiger partial charge in [0.25, 0.3) is 0 Å². The fourth-order valence-corrected chi connectivity index (χ4v) is 3.23. The molecule has 3 aromatic rings. The van der Waals surface area contributed by atoms with Crippen LogP contribution in [0.1, 0.15) is 23.6 Å². The van der Waals surface area contributed by atoms with Crippen LogP contribution in [0.2, 0.25) is 0 Å². The van der Waals surface area contributed by atoms with Crippen LogP contribution in [-0.4, -0.2) is 37.0 Å². The molecule has 1 aromatic heterocycles. The zero-order valence-corrected chi connectivity index (χ0v) is 17.8. The molecule has 0 spiro atoms. The molecule has 0 bridgehead atoms. The summed E-state index contributed by atoms with van der Waals surface area (Å²) in [6.07, 6.45) is 2.84. The molecule has 3 rings (SSSR count). The first-order chi connectivity index (χ1) is 14.6. The van der Waals surface area contributed by atoms with E-state index in [4.69, 9.17) is 14.2 Å². The Balaban J connectivity index is 1.71. The maximum absolute atomic E-state index is 12.7. The normalized spacial score (nSPS) is 10.5. The van der Waals surface area contributed by atoms with E-state index in [1.165, 1.54) is 5.56 Å². The molecular weight excluding hydrogens is 382 g/mol. The maximum atomic E-state index is 12.7. The number of hydrogen-bond acceptors (Lipinski definition) is 5. The maximum Gasteiger partial charge on any atom is 0.229 e. The summed E-state index contributed by atoms with van der Waals surface area (Å²) >= 11 is 0. The number of carbonyl (C=O) groups is 1. The number of carbonyl (C=O) groups excluding carboxylic acids is 1. The van der Waals surface area contributed by atoms with Gasteiger partial charge in [0.2, 0.25) is 11.7 Å². The lowest BCUT2D eigenvalue weighted by molar-refractivity contribution is -0.115. The monoisotopic (exact) mass is 409 g/mol. The van der Waals surface area contributed by atoms with E-state index in [-0.39, 0.29) is 12.3 Å².